The maximum absolute atomic E-state index is 4.81. The fourth-order valence-corrected chi connectivity index (χ4v) is 5.15. The van der Waals surface area contributed by atoms with E-state index in [4.69, 9.17) is 9.97 Å². The van der Waals surface area contributed by atoms with Crippen LogP contribution in [0, 0.1) is 0 Å². The van der Waals surface area contributed by atoms with E-state index in [0.29, 0.717) is 12.1 Å². The van der Waals surface area contributed by atoms with Crippen LogP contribution in [0.3, 0.4) is 0 Å². The number of anilines is 3. The van der Waals surface area contributed by atoms with Crippen LogP contribution in [0.2, 0.25) is 0 Å². The van der Waals surface area contributed by atoms with Crippen molar-refractivity contribution in [1.29, 1.82) is 0 Å². The summed E-state index contributed by atoms with van der Waals surface area (Å²) in [6.45, 7) is 3.36. The molecule has 1 aliphatic heterocycles. The summed E-state index contributed by atoms with van der Waals surface area (Å²) in [5.74, 6) is 1.71. The molecule has 0 unspecified atom stereocenters. The van der Waals surface area contributed by atoms with Crippen LogP contribution in [0.5, 0.6) is 0 Å². The average molecular weight is 445 g/mol. The van der Waals surface area contributed by atoms with Crippen molar-refractivity contribution >= 4 is 28.4 Å². The molecule has 33 heavy (non-hydrogen) atoms. The van der Waals surface area contributed by atoms with Gasteiger partial charge < -0.3 is 20.4 Å². The van der Waals surface area contributed by atoms with E-state index < -0.39 is 0 Å². The van der Waals surface area contributed by atoms with Crippen molar-refractivity contribution in [3.8, 4) is 0 Å². The highest BCUT2D eigenvalue weighted by molar-refractivity contribution is 5.90. The van der Waals surface area contributed by atoms with Crippen LogP contribution in [0.1, 0.15) is 44.1 Å². The van der Waals surface area contributed by atoms with Gasteiger partial charge in [-0.15, -0.1) is 0 Å². The molecule has 0 bridgehead atoms. The molecule has 1 saturated heterocycles. The molecule has 1 aliphatic carbocycles. The van der Waals surface area contributed by atoms with Gasteiger partial charge in [0.15, 0.2) is 0 Å². The lowest BCUT2D eigenvalue weighted by Gasteiger charge is -2.30. The maximum Gasteiger partial charge on any atom is 0.225 e. The van der Waals surface area contributed by atoms with Crippen molar-refractivity contribution in [3.05, 3.63) is 54.1 Å². The average Bonchev–Trinajstić information content (AvgIpc) is 3.38. The molecule has 174 valence electrons. The predicted octanol–water partition coefficient (Wildman–Crippen LogP) is 4.81. The summed E-state index contributed by atoms with van der Waals surface area (Å²) < 4.78 is 0. The zero-order chi connectivity index (χ0) is 22.6. The maximum atomic E-state index is 4.81. The fourth-order valence-electron chi connectivity index (χ4n) is 5.15. The molecule has 6 heteroatoms. The van der Waals surface area contributed by atoms with Crippen LogP contribution in [0.4, 0.5) is 17.5 Å². The van der Waals surface area contributed by atoms with E-state index >= 15 is 0 Å². The largest absolute Gasteiger partial charge is 0.372 e. The molecule has 3 aromatic rings. The van der Waals surface area contributed by atoms with Gasteiger partial charge in [-0.05, 0) is 68.4 Å². The standard InChI is InChI=1S/C27H36N6/c1-32(2)26-24-7-3-4-8-25(24)30-27(31-26)29-22-13-11-21(12-14-22)28-19-20-9-15-23(16-10-20)33-17-5-6-18-33/h3-4,7-10,15-16,21-22,28H,5-6,11-14,17-19H2,1-2H3,(H,29,30,31). The molecule has 2 heterocycles. The van der Waals surface area contributed by atoms with Crippen molar-refractivity contribution in [3.63, 3.8) is 0 Å². The van der Waals surface area contributed by atoms with Gasteiger partial charge in [0, 0.05) is 56.9 Å². The Bertz CT molecular complexity index is 1050. The molecule has 0 radical (unpaired) electrons. The Balaban J connectivity index is 1.12. The quantitative estimate of drug-likeness (QED) is 0.545. The fraction of sp³-hybridized carbons (Fsp3) is 0.481. The first-order valence-corrected chi connectivity index (χ1v) is 12.4. The van der Waals surface area contributed by atoms with Gasteiger partial charge in [0.25, 0.3) is 0 Å². The summed E-state index contributed by atoms with van der Waals surface area (Å²) in [5, 5.41) is 8.49. The summed E-state index contributed by atoms with van der Waals surface area (Å²) in [5.41, 5.74) is 3.74. The smallest absolute Gasteiger partial charge is 0.225 e. The van der Waals surface area contributed by atoms with E-state index in [1.165, 1.54) is 50.0 Å². The third-order valence-corrected chi connectivity index (χ3v) is 7.07. The van der Waals surface area contributed by atoms with Crippen LogP contribution < -0.4 is 20.4 Å². The minimum atomic E-state index is 0.430. The van der Waals surface area contributed by atoms with Crippen LogP contribution >= 0.6 is 0 Å². The number of rotatable bonds is 7. The minimum Gasteiger partial charge on any atom is -0.372 e. The molecular formula is C27H36N6. The summed E-state index contributed by atoms with van der Waals surface area (Å²) in [4.78, 5) is 14.1. The molecule has 0 amide bonds. The summed E-state index contributed by atoms with van der Waals surface area (Å²) in [6.07, 6.45) is 7.28. The van der Waals surface area contributed by atoms with Gasteiger partial charge in [0.1, 0.15) is 5.82 Å². The lowest BCUT2D eigenvalue weighted by Crippen LogP contribution is -2.37. The first kappa shape index (κ1) is 22.0. The van der Waals surface area contributed by atoms with E-state index in [1.54, 1.807) is 0 Å². The van der Waals surface area contributed by atoms with E-state index in [0.717, 1.165) is 42.1 Å². The van der Waals surface area contributed by atoms with Gasteiger partial charge in [0.2, 0.25) is 5.95 Å². The highest BCUT2D eigenvalue weighted by atomic mass is 15.2. The molecule has 6 nitrogen and oxygen atoms in total. The summed E-state index contributed by atoms with van der Waals surface area (Å²) >= 11 is 0. The van der Waals surface area contributed by atoms with Crippen LogP contribution in [-0.2, 0) is 6.54 Å². The number of para-hydroxylation sites is 1. The van der Waals surface area contributed by atoms with Crippen molar-refractivity contribution < 1.29 is 0 Å². The first-order valence-electron chi connectivity index (χ1n) is 12.4. The van der Waals surface area contributed by atoms with Crippen molar-refractivity contribution in [1.82, 2.24) is 15.3 Å². The zero-order valence-corrected chi connectivity index (χ0v) is 19.9. The molecule has 0 spiro atoms. The minimum absolute atomic E-state index is 0.430. The number of hydrogen-bond acceptors (Lipinski definition) is 6. The van der Waals surface area contributed by atoms with Crippen molar-refractivity contribution in [2.24, 2.45) is 0 Å². The number of fused-ring (bicyclic) bond motifs is 1. The van der Waals surface area contributed by atoms with Gasteiger partial charge in [-0.3, -0.25) is 0 Å². The Morgan fingerprint density at radius 2 is 1.58 bits per heavy atom. The van der Waals surface area contributed by atoms with E-state index in [1.807, 2.05) is 26.2 Å². The molecule has 0 atom stereocenters. The normalized spacial score (nSPS) is 20.8. The number of nitrogens with one attached hydrogen (secondary N) is 2. The van der Waals surface area contributed by atoms with Crippen LogP contribution in [0.15, 0.2) is 48.5 Å². The van der Waals surface area contributed by atoms with Gasteiger partial charge in [0.05, 0.1) is 5.52 Å². The third kappa shape index (κ3) is 5.22. The Labute approximate surface area is 197 Å². The molecule has 1 aromatic heterocycles. The van der Waals surface area contributed by atoms with Gasteiger partial charge in [-0.1, -0.05) is 24.3 Å². The number of benzene rings is 2. The Morgan fingerprint density at radius 3 is 2.30 bits per heavy atom. The lowest BCUT2D eigenvalue weighted by atomic mass is 9.91. The van der Waals surface area contributed by atoms with Gasteiger partial charge in [-0.2, -0.15) is 4.98 Å². The second-order valence-corrected chi connectivity index (χ2v) is 9.72. The summed E-state index contributed by atoms with van der Waals surface area (Å²) in [7, 11) is 4.07. The van der Waals surface area contributed by atoms with Gasteiger partial charge in [-0.25, -0.2) is 4.98 Å². The second kappa shape index (κ2) is 9.96. The third-order valence-electron chi connectivity index (χ3n) is 7.07. The molecule has 2 aliphatic rings. The summed E-state index contributed by atoms with van der Waals surface area (Å²) in [6, 6.07) is 18.4. The van der Waals surface area contributed by atoms with Crippen molar-refractivity contribution in [2.45, 2.75) is 57.2 Å². The van der Waals surface area contributed by atoms with E-state index in [2.05, 4.69) is 56.8 Å². The van der Waals surface area contributed by atoms with E-state index in [-0.39, 0.29) is 0 Å². The molecule has 2 fully saturated rings. The van der Waals surface area contributed by atoms with Gasteiger partial charge >= 0.3 is 0 Å². The first-order chi connectivity index (χ1) is 16.2. The Kier molecular flexibility index (Phi) is 6.63. The second-order valence-electron chi connectivity index (χ2n) is 9.72. The number of hydrogen-bond donors (Lipinski definition) is 2. The monoisotopic (exact) mass is 444 g/mol. The number of aromatic nitrogens is 2. The molecule has 5 rings (SSSR count). The van der Waals surface area contributed by atoms with Crippen molar-refractivity contribution in [2.75, 3.05) is 42.3 Å². The zero-order valence-electron chi connectivity index (χ0n) is 19.9. The predicted molar refractivity (Wildman–Crippen MR) is 138 cm³/mol. The highest BCUT2D eigenvalue weighted by Gasteiger charge is 2.22. The Morgan fingerprint density at radius 1 is 0.879 bits per heavy atom. The molecule has 1 saturated carbocycles. The topological polar surface area (TPSA) is 56.3 Å². The van der Waals surface area contributed by atoms with Crippen LogP contribution in [0.25, 0.3) is 10.9 Å². The molecular weight excluding hydrogens is 408 g/mol. The highest BCUT2D eigenvalue weighted by Crippen LogP contribution is 2.27. The molecule has 2 N–H and O–H groups in total. The Hall–Kier alpha value is -2.86. The molecule has 2 aromatic carbocycles. The van der Waals surface area contributed by atoms with Crippen LogP contribution in [-0.4, -0.2) is 49.2 Å². The lowest BCUT2D eigenvalue weighted by molar-refractivity contribution is 0.352. The SMILES string of the molecule is CN(C)c1nc(NC2CCC(NCc3ccc(N4CCCC4)cc3)CC2)nc2ccccc12. The van der Waals surface area contributed by atoms with E-state index in [9.17, 15) is 0 Å². The number of nitrogens with zero attached hydrogens (tertiary/aromatic N) is 4.